The fraction of sp³-hybridized carbons (Fsp3) is 0.0385. The summed E-state index contributed by atoms with van der Waals surface area (Å²) in [4.78, 5) is 18.7. The molecule has 4 aromatic rings. The Morgan fingerprint density at radius 3 is 2.59 bits per heavy atom. The highest BCUT2D eigenvalue weighted by Gasteiger charge is 2.14. The van der Waals surface area contributed by atoms with Crippen LogP contribution in [0.2, 0.25) is 0 Å². The van der Waals surface area contributed by atoms with Crippen LogP contribution in [0.5, 0.6) is 5.75 Å². The molecule has 0 aliphatic heterocycles. The number of nitriles is 1. The fourth-order valence-electron chi connectivity index (χ4n) is 3.02. The average Bonchev–Trinajstić information content (AvgIpc) is 2.84. The molecule has 1 heterocycles. The molecule has 0 saturated carbocycles. The summed E-state index contributed by atoms with van der Waals surface area (Å²) in [5.41, 5.74) is 2.71. The lowest BCUT2D eigenvalue weighted by atomic mass is 10.2. The molecule has 0 fully saturated rings. The van der Waals surface area contributed by atoms with Gasteiger partial charge >= 0.3 is 0 Å². The van der Waals surface area contributed by atoms with Crippen LogP contribution in [-0.4, -0.2) is 10.9 Å². The van der Waals surface area contributed by atoms with E-state index in [1.807, 2.05) is 66.7 Å². The summed E-state index contributed by atoms with van der Waals surface area (Å²) in [6.07, 6.45) is 3.47. The molecule has 0 spiro atoms. The van der Waals surface area contributed by atoms with Crippen LogP contribution in [0.1, 0.15) is 21.5 Å². The molecule has 1 N–H and O–H groups in total. The molecule has 6 heteroatoms. The van der Waals surface area contributed by atoms with Gasteiger partial charge in [-0.1, -0.05) is 48.2 Å². The van der Waals surface area contributed by atoms with Crippen molar-refractivity contribution in [1.29, 1.82) is 5.26 Å². The lowest BCUT2D eigenvalue weighted by molar-refractivity contribution is 0.102. The zero-order valence-electron chi connectivity index (χ0n) is 17.1. The third-order valence-electron chi connectivity index (χ3n) is 4.58. The van der Waals surface area contributed by atoms with Crippen LogP contribution < -0.4 is 10.1 Å². The minimum absolute atomic E-state index is 0.230. The van der Waals surface area contributed by atoms with Crippen LogP contribution in [0.25, 0.3) is 0 Å². The number of carbonyl (C=O) groups is 1. The topological polar surface area (TPSA) is 75.0 Å². The number of rotatable bonds is 7. The van der Waals surface area contributed by atoms with Crippen molar-refractivity contribution in [3.8, 4) is 11.8 Å². The van der Waals surface area contributed by atoms with Gasteiger partial charge in [-0.25, -0.2) is 0 Å². The molecule has 5 nitrogen and oxygen atoms in total. The number of carbonyl (C=O) groups excluding carboxylic acids is 1. The Morgan fingerprint density at radius 2 is 1.78 bits per heavy atom. The van der Waals surface area contributed by atoms with Crippen LogP contribution in [0.4, 0.5) is 5.69 Å². The first-order chi connectivity index (χ1) is 15.7. The van der Waals surface area contributed by atoms with E-state index in [0.29, 0.717) is 29.2 Å². The van der Waals surface area contributed by atoms with Crippen LogP contribution >= 0.6 is 11.8 Å². The van der Waals surface area contributed by atoms with Gasteiger partial charge in [-0.2, -0.15) is 5.26 Å². The normalized spacial score (nSPS) is 10.2. The Balaban J connectivity index is 1.48. The van der Waals surface area contributed by atoms with Gasteiger partial charge < -0.3 is 10.1 Å². The quantitative estimate of drug-likeness (QED) is 0.387. The minimum atomic E-state index is -0.230. The summed E-state index contributed by atoms with van der Waals surface area (Å²) in [5, 5.41) is 12.3. The second-order valence-corrected chi connectivity index (χ2v) is 7.92. The lowest BCUT2D eigenvalue weighted by Crippen LogP contribution is -2.13. The van der Waals surface area contributed by atoms with Gasteiger partial charge in [0.25, 0.3) is 5.91 Å². The van der Waals surface area contributed by atoms with Gasteiger partial charge in [0.1, 0.15) is 18.4 Å². The van der Waals surface area contributed by atoms with Crippen LogP contribution in [0, 0.1) is 11.3 Å². The molecule has 4 rings (SSSR count). The Labute approximate surface area is 190 Å². The standard InChI is InChI=1S/C26H19N3O2S/c27-16-20-8-1-3-12-24(20)32-25-13-4-2-11-23(25)26(30)29-21-9-5-10-22(15-21)31-18-19-7-6-14-28-17-19/h1-15,17H,18H2,(H,29,30). The van der Waals surface area contributed by atoms with E-state index < -0.39 is 0 Å². The first-order valence-electron chi connectivity index (χ1n) is 9.92. The highest BCUT2D eigenvalue weighted by molar-refractivity contribution is 7.99. The van der Waals surface area contributed by atoms with Gasteiger partial charge in [0.15, 0.2) is 0 Å². The molecule has 0 bridgehead atoms. The lowest BCUT2D eigenvalue weighted by Gasteiger charge is -2.12. The number of amides is 1. The summed E-state index contributed by atoms with van der Waals surface area (Å²) in [6.45, 7) is 0.392. The van der Waals surface area contributed by atoms with Crippen LogP contribution in [-0.2, 0) is 6.61 Å². The van der Waals surface area contributed by atoms with E-state index in [-0.39, 0.29) is 5.91 Å². The first-order valence-corrected chi connectivity index (χ1v) is 10.7. The summed E-state index contributed by atoms with van der Waals surface area (Å²) in [7, 11) is 0. The number of pyridine rings is 1. The van der Waals surface area contributed by atoms with E-state index >= 15 is 0 Å². The molecule has 1 aromatic heterocycles. The summed E-state index contributed by atoms with van der Waals surface area (Å²) in [5.74, 6) is 0.421. The molecule has 1 amide bonds. The van der Waals surface area contributed by atoms with E-state index in [9.17, 15) is 10.1 Å². The average molecular weight is 438 g/mol. The molecule has 0 aliphatic carbocycles. The highest BCUT2D eigenvalue weighted by Crippen LogP contribution is 2.33. The number of nitrogens with one attached hydrogen (secondary N) is 1. The van der Waals surface area contributed by atoms with Crippen molar-refractivity contribution < 1.29 is 9.53 Å². The van der Waals surface area contributed by atoms with Crippen molar-refractivity contribution in [1.82, 2.24) is 4.98 Å². The SMILES string of the molecule is N#Cc1ccccc1Sc1ccccc1C(=O)Nc1cccc(OCc2cccnc2)c1. The number of aromatic nitrogens is 1. The number of anilines is 1. The van der Waals surface area contributed by atoms with Crippen molar-refractivity contribution in [2.45, 2.75) is 16.4 Å². The molecule has 0 unspecified atom stereocenters. The number of hydrogen-bond acceptors (Lipinski definition) is 5. The first kappa shape index (κ1) is 21.2. The van der Waals surface area contributed by atoms with E-state index in [0.717, 1.165) is 15.4 Å². The van der Waals surface area contributed by atoms with Crippen LogP contribution in [0.3, 0.4) is 0 Å². The summed E-state index contributed by atoms with van der Waals surface area (Å²) >= 11 is 1.40. The van der Waals surface area contributed by atoms with Gasteiger partial charge in [-0.3, -0.25) is 9.78 Å². The smallest absolute Gasteiger partial charge is 0.256 e. The maximum absolute atomic E-state index is 13.0. The molecular weight excluding hydrogens is 418 g/mol. The van der Waals surface area contributed by atoms with Crippen molar-refractivity contribution in [2.75, 3.05) is 5.32 Å². The van der Waals surface area contributed by atoms with E-state index in [4.69, 9.17) is 4.74 Å². The molecule has 3 aromatic carbocycles. The van der Waals surface area contributed by atoms with Gasteiger partial charge in [0.2, 0.25) is 0 Å². The van der Waals surface area contributed by atoms with E-state index in [1.54, 1.807) is 30.6 Å². The van der Waals surface area contributed by atoms with Gasteiger partial charge in [0.05, 0.1) is 11.1 Å². The third kappa shape index (κ3) is 5.34. The van der Waals surface area contributed by atoms with Gasteiger partial charge in [-0.15, -0.1) is 0 Å². The minimum Gasteiger partial charge on any atom is -0.489 e. The maximum atomic E-state index is 13.0. The highest BCUT2D eigenvalue weighted by atomic mass is 32.2. The Bertz CT molecular complexity index is 1270. The fourth-order valence-corrected chi connectivity index (χ4v) is 4.05. The molecule has 32 heavy (non-hydrogen) atoms. The number of nitrogens with zero attached hydrogens (tertiary/aromatic N) is 2. The van der Waals surface area contributed by atoms with Crippen molar-refractivity contribution in [2.24, 2.45) is 0 Å². The number of benzene rings is 3. The maximum Gasteiger partial charge on any atom is 0.256 e. The van der Waals surface area contributed by atoms with Crippen molar-refractivity contribution in [3.63, 3.8) is 0 Å². The van der Waals surface area contributed by atoms with Gasteiger partial charge in [0, 0.05) is 39.5 Å². The molecule has 0 atom stereocenters. The summed E-state index contributed by atoms with van der Waals surface area (Å²) < 4.78 is 5.82. The Hall–Kier alpha value is -4.08. The predicted octanol–water partition coefficient (Wildman–Crippen LogP) is 5.94. The zero-order valence-corrected chi connectivity index (χ0v) is 17.9. The van der Waals surface area contributed by atoms with Crippen LogP contribution in [0.15, 0.2) is 107 Å². The molecule has 0 radical (unpaired) electrons. The zero-order chi connectivity index (χ0) is 22.2. The molecular formula is C26H19N3O2S. The van der Waals surface area contributed by atoms with Crippen molar-refractivity contribution >= 4 is 23.4 Å². The summed E-state index contributed by atoms with van der Waals surface area (Å²) in [6, 6.07) is 28.0. The third-order valence-corrected chi connectivity index (χ3v) is 5.73. The molecule has 156 valence electrons. The van der Waals surface area contributed by atoms with E-state index in [2.05, 4.69) is 16.4 Å². The molecule has 0 aliphatic rings. The number of hydrogen-bond donors (Lipinski definition) is 1. The van der Waals surface area contributed by atoms with E-state index in [1.165, 1.54) is 11.8 Å². The molecule has 0 saturated heterocycles. The second kappa shape index (κ2) is 10.3. The largest absolute Gasteiger partial charge is 0.489 e. The number of ether oxygens (including phenoxy) is 1. The van der Waals surface area contributed by atoms with Crippen molar-refractivity contribution in [3.05, 3.63) is 114 Å². The Morgan fingerprint density at radius 1 is 0.969 bits per heavy atom. The van der Waals surface area contributed by atoms with Gasteiger partial charge in [-0.05, 0) is 42.5 Å². The second-order valence-electron chi connectivity index (χ2n) is 6.84. The predicted molar refractivity (Wildman–Crippen MR) is 125 cm³/mol. The monoisotopic (exact) mass is 437 g/mol. The Kier molecular flexibility index (Phi) is 6.81.